The lowest BCUT2D eigenvalue weighted by molar-refractivity contribution is 0.481. The van der Waals surface area contributed by atoms with E-state index in [4.69, 9.17) is 5.73 Å². The van der Waals surface area contributed by atoms with Crippen molar-refractivity contribution in [2.45, 2.75) is 58.5 Å². The van der Waals surface area contributed by atoms with Crippen molar-refractivity contribution in [3.05, 3.63) is 6.33 Å². The van der Waals surface area contributed by atoms with E-state index in [0.717, 1.165) is 18.2 Å². The minimum atomic E-state index is -0.0622. The first-order valence-electron chi connectivity index (χ1n) is 7.04. The minimum absolute atomic E-state index is 0.0622. The monoisotopic (exact) mass is 263 g/mol. The standard InChI is InChI=1S/C14H25N5/c1-10-7-5-6-8-19(10)13-11(15)12(16-9-17-13)18-14(2,3)4/h9-10H,5-8,15H2,1-4H3,(H,16,17,18). The number of piperidine rings is 1. The number of rotatable bonds is 2. The van der Waals surface area contributed by atoms with E-state index in [1.54, 1.807) is 6.33 Å². The summed E-state index contributed by atoms with van der Waals surface area (Å²) < 4.78 is 0. The van der Waals surface area contributed by atoms with Gasteiger partial charge in [0.2, 0.25) is 0 Å². The third-order valence-corrected chi connectivity index (χ3v) is 3.43. The lowest BCUT2D eigenvalue weighted by Crippen LogP contribution is -2.38. The zero-order valence-electron chi connectivity index (χ0n) is 12.4. The number of anilines is 3. The van der Waals surface area contributed by atoms with E-state index in [-0.39, 0.29) is 5.54 Å². The summed E-state index contributed by atoms with van der Waals surface area (Å²) in [5.41, 5.74) is 6.85. The van der Waals surface area contributed by atoms with Crippen molar-refractivity contribution in [3.8, 4) is 0 Å². The summed E-state index contributed by atoms with van der Waals surface area (Å²) in [6.45, 7) is 9.54. The van der Waals surface area contributed by atoms with Gasteiger partial charge in [0.1, 0.15) is 12.0 Å². The van der Waals surface area contributed by atoms with E-state index in [1.807, 2.05) is 0 Å². The molecular formula is C14H25N5. The van der Waals surface area contributed by atoms with Gasteiger partial charge in [-0.2, -0.15) is 0 Å². The molecule has 1 aliphatic heterocycles. The Labute approximate surface area is 115 Å². The Balaban J connectivity index is 2.28. The van der Waals surface area contributed by atoms with Crippen molar-refractivity contribution < 1.29 is 0 Å². The van der Waals surface area contributed by atoms with E-state index in [9.17, 15) is 0 Å². The van der Waals surface area contributed by atoms with Crippen molar-refractivity contribution in [2.75, 3.05) is 22.5 Å². The Morgan fingerprint density at radius 3 is 2.68 bits per heavy atom. The van der Waals surface area contributed by atoms with Gasteiger partial charge >= 0.3 is 0 Å². The third-order valence-electron chi connectivity index (χ3n) is 3.43. The number of aromatic nitrogens is 2. The van der Waals surface area contributed by atoms with E-state index in [0.29, 0.717) is 11.7 Å². The average molecular weight is 263 g/mol. The fraction of sp³-hybridized carbons (Fsp3) is 0.714. The summed E-state index contributed by atoms with van der Waals surface area (Å²) in [4.78, 5) is 11.0. The van der Waals surface area contributed by atoms with Crippen molar-refractivity contribution in [1.29, 1.82) is 0 Å². The van der Waals surface area contributed by atoms with Crippen LogP contribution in [-0.2, 0) is 0 Å². The molecule has 3 N–H and O–H groups in total. The summed E-state index contributed by atoms with van der Waals surface area (Å²) >= 11 is 0. The molecule has 1 atom stereocenters. The van der Waals surface area contributed by atoms with Gasteiger partial charge < -0.3 is 16.0 Å². The molecule has 1 aromatic heterocycles. The highest BCUT2D eigenvalue weighted by atomic mass is 15.2. The first-order valence-corrected chi connectivity index (χ1v) is 7.04. The topological polar surface area (TPSA) is 67.1 Å². The zero-order chi connectivity index (χ0) is 14.0. The fourth-order valence-electron chi connectivity index (χ4n) is 2.48. The van der Waals surface area contributed by atoms with Gasteiger partial charge in [-0.25, -0.2) is 9.97 Å². The Kier molecular flexibility index (Phi) is 3.83. The predicted octanol–water partition coefficient (Wildman–Crippen LogP) is 2.65. The largest absolute Gasteiger partial charge is 0.393 e. The van der Waals surface area contributed by atoms with Gasteiger partial charge in [0.25, 0.3) is 0 Å². The SMILES string of the molecule is CC1CCCCN1c1ncnc(NC(C)(C)C)c1N. The summed E-state index contributed by atoms with van der Waals surface area (Å²) in [7, 11) is 0. The number of nitrogens with two attached hydrogens (primary N) is 1. The second-order valence-electron chi connectivity index (χ2n) is 6.37. The van der Waals surface area contributed by atoms with Gasteiger partial charge in [-0.15, -0.1) is 0 Å². The van der Waals surface area contributed by atoms with Crippen LogP contribution in [0.15, 0.2) is 6.33 Å². The second-order valence-corrected chi connectivity index (χ2v) is 6.37. The van der Waals surface area contributed by atoms with Crippen molar-refractivity contribution >= 4 is 17.3 Å². The molecule has 106 valence electrons. The number of hydrogen-bond donors (Lipinski definition) is 2. The maximum Gasteiger partial charge on any atom is 0.157 e. The zero-order valence-corrected chi connectivity index (χ0v) is 12.4. The van der Waals surface area contributed by atoms with Gasteiger partial charge in [0.05, 0.1) is 0 Å². The predicted molar refractivity (Wildman–Crippen MR) is 80.5 cm³/mol. The number of hydrogen-bond acceptors (Lipinski definition) is 5. The quantitative estimate of drug-likeness (QED) is 0.858. The molecule has 0 saturated carbocycles. The Morgan fingerprint density at radius 1 is 1.32 bits per heavy atom. The minimum Gasteiger partial charge on any atom is -0.393 e. The molecule has 5 heteroatoms. The van der Waals surface area contributed by atoms with Crippen LogP contribution in [0.25, 0.3) is 0 Å². The van der Waals surface area contributed by atoms with Crippen molar-refractivity contribution in [3.63, 3.8) is 0 Å². The van der Waals surface area contributed by atoms with Crippen LogP contribution in [0.4, 0.5) is 17.3 Å². The number of nitrogens with one attached hydrogen (secondary N) is 1. The molecule has 19 heavy (non-hydrogen) atoms. The van der Waals surface area contributed by atoms with Crippen molar-refractivity contribution in [2.24, 2.45) is 0 Å². The van der Waals surface area contributed by atoms with Crippen LogP contribution in [0.2, 0.25) is 0 Å². The third kappa shape index (κ3) is 3.28. The molecule has 0 spiro atoms. The van der Waals surface area contributed by atoms with Gasteiger partial charge in [-0.1, -0.05) is 0 Å². The summed E-state index contributed by atoms with van der Waals surface area (Å²) in [5.74, 6) is 1.60. The Bertz CT molecular complexity index is 438. The maximum atomic E-state index is 6.25. The fourth-order valence-corrected chi connectivity index (χ4v) is 2.48. The van der Waals surface area contributed by atoms with Gasteiger partial charge in [-0.3, -0.25) is 0 Å². The van der Waals surface area contributed by atoms with E-state index in [1.165, 1.54) is 19.3 Å². The normalized spacial score (nSPS) is 20.4. The molecule has 2 heterocycles. The first-order chi connectivity index (χ1) is 8.88. The molecule has 0 radical (unpaired) electrons. The van der Waals surface area contributed by atoms with Crippen LogP contribution in [0.1, 0.15) is 47.0 Å². The Hall–Kier alpha value is -1.52. The molecule has 0 amide bonds. The molecule has 0 aromatic carbocycles. The molecule has 0 aliphatic carbocycles. The summed E-state index contributed by atoms with van der Waals surface area (Å²) in [5, 5.41) is 3.34. The Morgan fingerprint density at radius 2 is 2.05 bits per heavy atom. The van der Waals surface area contributed by atoms with Crippen LogP contribution in [-0.4, -0.2) is 28.1 Å². The number of nitrogens with zero attached hydrogens (tertiary/aromatic N) is 3. The lowest BCUT2D eigenvalue weighted by Gasteiger charge is -2.35. The maximum absolute atomic E-state index is 6.25. The number of nitrogen functional groups attached to an aromatic ring is 1. The summed E-state index contributed by atoms with van der Waals surface area (Å²) in [6.07, 6.45) is 5.29. The highest BCUT2D eigenvalue weighted by molar-refractivity contribution is 5.75. The molecule has 1 unspecified atom stereocenters. The van der Waals surface area contributed by atoms with Gasteiger partial charge in [-0.05, 0) is 47.0 Å². The van der Waals surface area contributed by atoms with Gasteiger partial charge in [0.15, 0.2) is 11.6 Å². The molecule has 1 saturated heterocycles. The van der Waals surface area contributed by atoms with Crippen LogP contribution in [0, 0.1) is 0 Å². The second kappa shape index (κ2) is 5.23. The lowest BCUT2D eigenvalue weighted by atomic mass is 10.0. The van der Waals surface area contributed by atoms with Gasteiger partial charge in [0, 0.05) is 18.1 Å². The molecule has 1 aliphatic rings. The van der Waals surface area contributed by atoms with Crippen LogP contribution in [0.3, 0.4) is 0 Å². The molecule has 5 nitrogen and oxygen atoms in total. The highest BCUT2D eigenvalue weighted by Gasteiger charge is 2.23. The van der Waals surface area contributed by atoms with Crippen LogP contribution < -0.4 is 16.0 Å². The van der Waals surface area contributed by atoms with Crippen molar-refractivity contribution in [1.82, 2.24) is 9.97 Å². The summed E-state index contributed by atoms with van der Waals surface area (Å²) in [6, 6.07) is 0.494. The van der Waals surface area contributed by atoms with Crippen LogP contribution in [0.5, 0.6) is 0 Å². The molecule has 0 bridgehead atoms. The van der Waals surface area contributed by atoms with E-state index in [2.05, 4.69) is 47.9 Å². The first kappa shape index (κ1) is 13.9. The molecular weight excluding hydrogens is 238 g/mol. The molecule has 1 aromatic rings. The molecule has 2 rings (SSSR count). The smallest absolute Gasteiger partial charge is 0.157 e. The van der Waals surface area contributed by atoms with E-state index >= 15 is 0 Å². The highest BCUT2D eigenvalue weighted by Crippen LogP contribution is 2.31. The molecule has 1 fully saturated rings. The average Bonchev–Trinajstić information content (AvgIpc) is 2.31. The van der Waals surface area contributed by atoms with E-state index < -0.39 is 0 Å². The van der Waals surface area contributed by atoms with Crippen LogP contribution >= 0.6 is 0 Å².